The first-order chi connectivity index (χ1) is 10.8. The Morgan fingerprint density at radius 3 is 2.27 bits per heavy atom. The molecule has 0 aromatic rings. The summed E-state index contributed by atoms with van der Waals surface area (Å²) in [6.45, 7) is 11.1. The normalized spacial score (nSPS) is 23.0. The van der Waals surface area contributed by atoms with Crippen LogP contribution < -0.4 is 5.32 Å². The standard InChI is InChI=1S/C17H34N2O3/c1-3-21-16(22-4-2)14-18-15-17(8-6-5-7-9-17)19-10-12-20-13-11-19/h16,18H,3-15H2,1-2H3. The summed E-state index contributed by atoms with van der Waals surface area (Å²) in [5.74, 6) is 0. The molecule has 1 aliphatic heterocycles. The minimum atomic E-state index is -0.125. The number of hydrogen-bond donors (Lipinski definition) is 1. The van der Waals surface area contributed by atoms with Gasteiger partial charge >= 0.3 is 0 Å². The maximum absolute atomic E-state index is 5.63. The number of hydrogen-bond acceptors (Lipinski definition) is 5. The van der Waals surface area contributed by atoms with E-state index in [4.69, 9.17) is 14.2 Å². The number of ether oxygens (including phenoxy) is 3. The summed E-state index contributed by atoms with van der Waals surface area (Å²) in [4.78, 5) is 2.67. The molecule has 1 saturated carbocycles. The lowest BCUT2D eigenvalue weighted by atomic mass is 9.79. The van der Waals surface area contributed by atoms with E-state index in [-0.39, 0.29) is 6.29 Å². The van der Waals surface area contributed by atoms with Crippen molar-refractivity contribution in [1.29, 1.82) is 0 Å². The highest BCUT2D eigenvalue weighted by Gasteiger charge is 2.38. The van der Waals surface area contributed by atoms with Crippen molar-refractivity contribution >= 4 is 0 Å². The Bertz CT molecular complexity index is 284. The maximum Gasteiger partial charge on any atom is 0.169 e. The van der Waals surface area contributed by atoms with Gasteiger partial charge in [-0.25, -0.2) is 0 Å². The highest BCUT2D eigenvalue weighted by Crippen LogP contribution is 2.33. The largest absolute Gasteiger partial charge is 0.379 e. The number of nitrogens with one attached hydrogen (secondary N) is 1. The van der Waals surface area contributed by atoms with Gasteiger partial charge in [0.15, 0.2) is 6.29 Å². The van der Waals surface area contributed by atoms with Crippen LogP contribution in [0, 0.1) is 0 Å². The van der Waals surface area contributed by atoms with Crippen LogP contribution in [0.25, 0.3) is 0 Å². The van der Waals surface area contributed by atoms with Crippen molar-refractivity contribution in [3.05, 3.63) is 0 Å². The van der Waals surface area contributed by atoms with Crippen LogP contribution in [0.5, 0.6) is 0 Å². The Morgan fingerprint density at radius 2 is 1.68 bits per heavy atom. The van der Waals surface area contributed by atoms with E-state index in [2.05, 4.69) is 10.2 Å². The summed E-state index contributed by atoms with van der Waals surface area (Å²) < 4.78 is 16.8. The monoisotopic (exact) mass is 314 g/mol. The third-order valence-corrected chi connectivity index (χ3v) is 4.94. The minimum absolute atomic E-state index is 0.125. The quantitative estimate of drug-likeness (QED) is 0.660. The van der Waals surface area contributed by atoms with E-state index in [0.29, 0.717) is 18.8 Å². The first-order valence-electron chi connectivity index (χ1n) is 9.07. The highest BCUT2D eigenvalue weighted by atomic mass is 16.7. The summed E-state index contributed by atoms with van der Waals surface area (Å²) in [5, 5.41) is 3.63. The summed E-state index contributed by atoms with van der Waals surface area (Å²) in [6, 6.07) is 0. The second kappa shape index (κ2) is 9.83. The van der Waals surface area contributed by atoms with Gasteiger partial charge in [0.05, 0.1) is 13.2 Å². The molecule has 0 unspecified atom stereocenters. The van der Waals surface area contributed by atoms with Crippen molar-refractivity contribution in [3.8, 4) is 0 Å². The lowest BCUT2D eigenvalue weighted by Crippen LogP contribution is -2.59. The SMILES string of the molecule is CCOC(CNCC1(N2CCOCC2)CCCCC1)OCC. The summed E-state index contributed by atoms with van der Waals surface area (Å²) in [7, 11) is 0. The Morgan fingerprint density at radius 1 is 1.05 bits per heavy atom. The van der Waals surface area contributed by atoms with Crippen molar-refractivity contribution in [3.63, 3.8) is 0 Å². The highest BCUT2D eigenvalue weighted by molar-refractivity contribution is 4.95. The zero-order valence-electron chi connectivity index (χ0n) is 14.4. The van der Waals surface area contributed by atoms with Crippen LogP contribution in [0.2, 0.25) is 0 Å². The van der Waals surface area contributed by atoms with Gasteiger partial charge in [-0.1, -0.05) is 19.3 Å². The smallest absolute Gasteiger partial charge is 0.169 e. The van der Waals surface area contributed by atoms with Crippen molar-refractivity contribution in [2.45, 2.75) is 57.8 Å². The minimum Gasteiger partial charge on any atom is -0.379 e. The second-order valence-corrected chi connectivity index (χ2v) is 6.36. The van der Waals surface area contributed by atoms with E-state index in [0.717, 1.165) is 39.4 Å². The topological polar surface area (TPSA) is 43.0 Å². The van der Waals surface area contributed by atoms with Crippen LogP contribution in [0.15, 0.2) is 0 Å². The van der Waals surface area contributed by atoms with E-state index in [9.17, 15) is 0 Å². The van der Waals surface area contributed by atoms with E-state index in [1.807, 2.05) is 13.8 Å². The van der Waals surface area contributed by atoms with Crippen LogP contribution >= 0.6 is 0 Å². The third kappa shape index (κ3) is 5.17. The Balaban J connectivity index is 1.86. The molecule has 0 atom stereocenters. The van der Waals surface area contributed by atoms with Gasteiger partial charge in [-0.3, -0.25) is 4.90 Å². The molecule has 2 rings (SSSR count). The van der Waals surface area contributed by atoms with Crippen LogP contribution in [-0.2, 0) is 14.2 Å². The van der Waals surface area contributed by atoms with Gasteiger partial charge in [0.1, 0.15) is 0 Å². The van der Waals surface area contributed by atoms with Gasteiger partial charge in [0.2, 0.25) is 0 Å². The van der Waals surface area contributed by atoms with Crippen molar-refractivity contribution in [2.24, 2.45) is 0 Å². The first-order valence-corrected chi connectivity index (χ1v) is 9.07. The summed E-state index contributed by atoms with van der Waals surface area (Å²) in [6.07, 6.45) is 6.55. The van der Waals surface area contributed by atoms with Crippen LogP contribution in [-0.4, -0.2) is 69.3 Å². The molecular formula is C17H34N2O3. The molecule has 0 amide bonds. The van der Waals surface area contributed by atoms with Crippen LogP contribution in [0.1, 0.15) is 46.0 Å². The first kappa shape index (κ1) is 18.1. The van der Waals surface area contributed by atoms with Gasteiger partial charge < -0.3 is 19.5 Å². The molecule has 1 aliphatic carbocycles. The van der Waals surface area contributed by atoms with Gasteiger partial charge in [0, 0.05) is 44.9 Å². The number of morpholine rings is 1. The third-order valence-electron chi connectivity index (χ3n) is 4.94. The Labute approximate surface area is 135 Å². The summed E-state index contributed by atoms with van der Waals surface area (Å²) >= 11 is 0. The van der Waals surface area contributed by atoms with Crippen molar-refractivity contribution in [2.75, 3.05) is 52.6 Å². The Hall–Kier alpha value is -0.200. The van der Waals surface area contributed by atoms with Crippen LogP contribution in [0.3, 0.4) is 0 Å². The van der Waals surface area contributed by atoms with E-state index in [1.165, 1.54) is 32.1 Å². The zero-order chi connectivity index (χ0) is 15.7. The molecule has 1 N–H and O–H groups in total. The molecule has 22 heavy (non-hydrogen) atoms. The molecule has 0 bridgehead atoms. The molecular weight excluding hydrogens is 280 g/mol. The molecule has 0 radical (unpaired) electrons. The number of nitrogens with zero attached hydrogens (tertiary/aromatic N) is 1. The molecule has 2 aliphatic rings. The van der Waals surface area contributed by atoms with Crippen LogP contribution in [0.4, 0.5) is 0 Å². The molecule has 1 saturated heterocycles. The van der Waals surface area contributed by atoms with Gasteiger partial charge in [-0.2, -0.15) is 0 Å². The van der Waals surface area contributed by atoms with Crippen molar-refractivity contribution < 1.29 is 14.2 Å². The number of rotatable bonds is 9. The average molecular weight is 314 g/mol. The molecule has 0 spiro atoms. The van der Waals surface area contributed by atoms with E-state index >= 15 is 0 Å². The molecule has 0 aromatic heterocycles. The predicted octanol–water partition coefficient (Wildman–Crippen LogP) is 2.01. The molecule has 5 nitrogen and oxygen atoms in total. The van der Waals surface area contributed by atoms with Gasteiger partial charge in [-0.05, 0) is 26.7 Å². The van der Waals surface area contributed by atoms with E-state index < -0.39 is 0 Å². The van der Waals surface area contributed by atoms with Crippen molar-refractivity contribution in [1.82, 2.24) is 10.2 Å². The molecule has 1 heterocycles. The fourth-order valence-corrected chi connectivity index (χ4v) is 3.81. The zero-order valence-corrected chi connectivity index (χ0v) is 14.4. The average Bonchev–Trinajstić information content (AvgIpc) is 2.57. The van der Waals surface area contributed by atoms with E-state index in [1.54, 1.807) is 0 Å². The lowest BCUT2D eigenvalue weighted by Gasteiger charge is -2.48. The van der Waals surface area contributed by atoms with Gasteiger partial charge in [-0.15, -0.1) is 0 Å². The molecule has 5 heteroatoms. The second-order valence-electron chi connectivity index (χ2n) is 6.36. The lowest BCUT2D eigenvalue weighted by molar-refractivity contribution is -0.134. The predicted molar refractivity (Wildman–Crippen MR) is 88.1 cm³/mol. The molecule has 2 fully saturated rings. The summed E-state index contributed by atoms with van der Waals surface area (Å²) in [5.41, 5.74) is 0.311. The fraction of sp³-hybridized carbons (Fsp3) is 1.00. The molecule has 130 valence electrons. The Kier molecular flexibility index (Phi) is 8.11. The maximum atomic E-state index is 5.63. The molecule has 0 aromatic carbocycles. The fourth-order valence-electron chi connectivity index (χ4n) is 3.81. The van der Waals surface area contributed by atoms with Gasteiger partial charge in [0.25, 0.3) is 0 Å².